The van der Waals surface area contributed by atoms with Crippen LogP contribution in [0, 0.1) is 24.1 Å². The molecule has 0 saturated carbocycles. The number of nitrogens with one attached hydrogen (secondary N) is 1. The number of halogens is 1. The number of Topliss-reactive ketones (excluding diaryl/α,β-unsaturated/α-hetero) is 1. The van der Waals surface area contributed by atoms with Crippen molar-refractivity contribution in [3.05, 3.63) is 88.2 Å². The maximum Gasteiger partial charge on any atom is 0.407 e. The van der Waals surface area contributed by atoms with Crippen molar-refractivity contribution in [3.8, 4) is 34.1 Å². The Morgan fingerprint density at radius 2 is 1.92 bits per heavy atom. The fourth-order valence-electron chi connectivity index (χ4n) is 5.86. The molecule has 0 bridgehead atoms. The van der Waals surface area contributed by atoms with Gasteiger partial charge < -0.3 is 19.7 Å². The van der Waals surface area contributed by atoms with Crippen molar-refractivity contribution in [2.24, 2.45) is 5.11 Å². The highest BCUT2D eigenvalue weighted by Crippen LogP contribution is 2.41. The van der Waals surface area contributed by atoms with E-state index in [1.165, 1.54) is 12.1 Å². The summed E-state index contributed by atoms with van der Waals surface area (Å²) in [5, 5.41) is 17.2. The molecule has 0 radical (unpaired) electrons. The number of pyridine rings is 1. The van der Waals surface area contributed by atoms with E-state index in [1.54, 1.807) is 39.1 Å². The van der Waals surface area contributed by atoms with Gasteiger partial charge >= 0.3 is 6.09 Å². The van der Waals surface area contributed by atoms with Crippen LogP contribution in [0.25, 0.3) is 43.6 Å². The molecule has 1 unspecified atom stereocenters. The molecular weight excluding hydrogens is 625 g/mol. The summed E-state index contributed by atoms with van der Waals surface area (Å²) >= 11 is 0. The topological polar surface area (TPSA) is 153 Å². The summed E-state index contributed by atoms with van der Waals surface area (Å²) in [6, 6.07) is 17.6. The minimum absolute atomic E-state index is 0.0464. The number of aromatic nitrogens is 1. The van der Waals surface area contributed by atoms with Gasteiger partial charge in [-0.15, -0.1) is 0 Å². The van der Waals surface area contributed by atoms with E-state index in [0.29, 0.717) is 48.4 Å². The van der Waals surface area contributed by atoms with E-state index in [9.17, 15) is 19.2 Å². The molecule has 0 aliphatic carbocycles. The van der Waals surface area contributed by atoms with Crippen molar-refractivity contribution in [1.82, 2.24) is 10.3 Å². The highest BCUT2D eigenvalue weighted by molar-refractivity contribution is 6.02. The number of nitriles is 1. The molecule has 252 valence electrons. The summed E-state index contributed by atoms with van der Waals surface area (Å²) in [6.07, 6.45) is 2.22. The molecule has 1 amide bonds. The van der Waals surface area contributed by atoms with Gasteiger partial charge in [0.1, 0.15) is 29.0 Å². The van der Waals surface area contributed by atoms with Gasteiger partial charge in [0, 0.05) is 60.1 Å². The van der Waals surface area contributed by atoms with Gasteiger partial charge in [-0.25, -0.2) is 9.18 Å². The van der Waals surface area contributed by atoms with Gasteiger partial charge in [-0.3, -0.25) is 9.78 Å². The third-order valence-corrected chi connectivity index (χ3v) is 8.07. The number of azide groups is 1. The van der Waals surface area contributed by atoms with E-state index in [-0.39, 0.29) is 31.2 Å². The lowest BCUT2D eigenvalue weighted by atomic mass is 9.95. The third kappa shape index (κ3) is 8.63. The second-order valence-corrected chi connectivity index (χ2v) is 13.0. The molecule has 1 fully saturated rings. The van der Waals surface area contributed by atoms with Crippen LogP contribution in [0.5, 0.6) is 5.75 Å². The molecule has 2 heterocycles. The first-order valence-electron chi connectivity index (χ1n) is 16.1. The monoisotopic (exact) mass is 663 g/mol. The van der Waals surface area contributed by atoms with Crippen LogP contribution in [0.4, 0.5) is 14.9 Å². The van der Waals surface area contributed by atoms with Crippen LogP contribution in [-0.4, -0.2) is 54.7 Å². The largest absolute Gasteiger partial charge is 0.492 e. The number of fused-ring (bicyclic) bond motifs is 1. The molecular formula is C37H38FN7O4. The summed E-state index contributed by atoms with van der Waals surface area (Å²) in [7, 11) is 0. The van der Waals surface area contributed by atoms with Crippen LogP contribution in [0.15, 0.2) is 65.9 Å². The Morgan fingerprint density at radius 1 is 1.14 bits per heavy atom. The van der Waals surface area contributed by atoms with Gasteiger partial charge in [-0.05, 0) is 86.7 Å². The predicted octanol–water partition coefficient (Wildman–Crippen LogP) is 8.03. The number of amides is 1. The number of alkyl carbamates (subject to hydrolysis) is 1. The lowest BCUT2D eigenvalue weighted by Crippen LogP contribution is -2.36. The number of anilines is 1. The summed E-state index contributed by atoms with van der Waals surface area (Å²) in [5.74, 6) is 0.220. The molecule has 11 nitrogen and oxygen atoms in total. The molecule has 3 aromatic carbocycles. The van der Waals surface area contributed by atoms with Crippen molar-refractivity contribution in [3.63, 3.8) is 0 Å². The molecule has 4 aromatic rings. The maximum absolute atomic E-state index is 14.6. The zero-order chi connectivity index (χ0) is 35.1. The number of hydrogen-bond acceptors (Lipinski definition) is 8. The Kier molecular flexibility index (Phi) is 10.6. The van der Waals surface area contributed by atoms with E-state index in [0.717, 1.165) is 33.3 Å². The maximum atomic E-state index is 14.6. The average molecular weight is 664 g/mol. The quantitative estimate of drug-likeness (QED) is 0.102. The minimum atomic E-state index is -0.676. The van der Waals surface area contributed by atoms with Crippen molar-refractivity contribution in [2.45, 2.75) is 58.6 Å². The van der Waals surface area contributed by atoms with Crippen molar-refractivity contribution >= 4 is 28.5 Å². The number of para-hydroxylation sites is 1. The highest BCUT2D eigenvalue weighted by Gasteiger charge is 2.24. The van der Waals surface area contributed by atoms with E-state index in [4.69, 9.17) is 20.0 Å². The number of ketones is 1. The van der Waals surface area contributed by atoms with Crippen molar-refractivity contribution < 1.29 is 23.5 Å². The number of hydrogen-bond donors (Lipinski definition) is 1. The SMILES string of the molecule is Cc1cc(F)cc(-c2cnc3ccc(-c4cccc(C#N)c4OCCC(CNC(=O)OC(C)(C)C)N=[N+]=[N-])cc3c2N2CCC(=O)CC2)c1. The van der Waals surface area contributed by atoms with Crippen LogP contribution in [0.2, 0.25) is 0 Å². The molecule has 49 heavy (non-hydrogen) atoms. The molecule has 1 saturated heterocycles. The molecule has 1 atom stereocenters. The van der Waals surface area contributed by atoms with Crippen LogP contribution in [0.1, 0.15) is 51.2 Å². The van der Waals surface area contributed by atoms with Gasteiger partial charge in [-0.2, -0.15) is 5.26 Å². The number of piperidine rings is 1. The summed E-state index contributed by atoms with van der Waals surface area (Å²) in [5.41, 5.74) is 14.0. The highest BCUT2D eigenvalue weighted by atomic mass is 19.1. The number of ether oxygens (including phenoxy) is 2. The average Bonchev–Trinajstić information content (AvgIpc) is 3.05. The van der Waals surface area contributed by atoms with Gasteiger partial charge in [-0.1, -0.05) is 29.4 Å². The summed E-state index contributed by atoms with van der Waals surface area (Å²) in [4.78, 5) is 34.1. The van der Waals surface area contributed by atoms with E-state index in [2.05, 4.69) is 26.3 Å². The fraction of sp³-hybridized carbons (Fsp3) is 0.351. The first kappa shape index (κ1) is 34.7. The lowest BCUT2D eigenvalue weighted by molar-refractivity contribution is -0.119. The lowest BCUT2D eigenvalue weighted by Gasteiger charge is -2.31. The number of carbonyl (C=O) groups excluding carboxylic acids is 2. The fourth-order valence-corrected chi connectivity index (χ4v) is 5.86. The summed E-state index contributed by atoms with van der Waals surface area (Å²) < 4.78 is 26.1. The predicted molar refractivity (Wildman–Crippen MR) is 186 cm³/mol. The number of benzene rings is 3. The van der Waals surface area contributed by atoms with Crippen molar-refractivity contribution in [2.75, 3.05) is 31.1 Å². The van der Waals surface area contributed by atoms with E-state index >= 15 is 0 Å². The molecule has 1 aromatic heterocycles. The zero-order valence-corrected chi connectivity index (χ0v) is 28.0. The van der Waals surface area contributed by atoms with Crippen LogP contribution < -0.4 is 15.0 Å². The normalized spacial score (nSPS) is 13.7. The Morgan fingerprint density at radius 3 is 2.61 bits per heavy atom. The number of nitrogens with zero attached hydrogens (tertiary/aromatic N) is 6. The molecule has 1 N–H and O–H groups in total. The smallest absolute Gasteiger partial charge is 0.407 e. The molecule has 0 spiro atoms. The first-order valence-corrected chi connectivity index (χ1v) is 16.1. The summed E-state index contributed by atoms with van der Waals surface area (Å²) in [6.45, 7) is 8.29. The Balaban J connectivity index is 1.50. The van der Waals surface area contributed by atoms with Gasteiger partial charge in [0.2, 0.25) is 0 Å². The van der Waals surface area contributed by atoms with Crippen LogP contribution in [-0.2, 0) is 9.53 Å². The number of rotatable bonds is 10. The third-order valence-electron chi connectivity index (χ3n) is 8.07. The van der Waals surface area contributed by atoms with Crippen LogP contribution >= 0.6 is 0 Å². The molecule has 5 rings (SSSR count). The number of carbonyl (C=O) groups is 2. The van der Waals surface area contributed by atoms with Gasteiger partial charge in [0.05, 0.1) is 29.4 Å². The second-order valence-electron chi connectivity index (χ2n) is 13.0. The molecule has 12 heteroatoms. The minimum Gasteiger partial charge on any atom is -0.492 e. The van der Waals surface area contributed by atoms with E-state index in [1.807, 2.05) is 37.3 Å². The van der Waals surface area contributed by atoms with Gasteiger partial charge in [0.15, 0.2) is 0 Å². The Bertz CT molecular complexity index is 1950. The van der Waals surface area contributed by atoms with Crippen LogP contribution in [0.3, 0.4) is 0 Å². The molecule has 1 aliphatic heterocycles. The zero-order valence-electron chi connectivity index (χ0n) is 28.0. The first-order chi connectivity index (χ1) is 23.5. The number of aryl methyl sites for hydroxylation is 1. The van der Waals surface area contributed by atoms with Crippen molar-refractivity contribution in [1.29, 1.82) is 5.26 Å². The van der Waals surface area contributed by atoms with E-state index < -0.39 is 17.7 Å². The Labute approximate surface area is 284 Å². The Hall–Kier alpha value is -5.66. The standard InChI is InChI=1S/C37H38FN7O4/c1-23-16-26(18-27(38)17-23)32-22-41-33-9-8-24(19-31(33)34(32)45-13-10-29(46)11-14-45)30-7-5-6-25(20-39)35(30)48-15-12-28(43-44-40)21-42-36(47)49-37(2,3)4/h5-9,16-19,22,28H,10-15,21H2,1-4H3,(H,42,47). The van der Waals surface area contributed by atoms with Gasteiger partial charge in [0.25, 0.3) is 0 Å². The molecule has 1 aliphatic rings. The second kappa shape index (κ2) is 15.0.